The molecule has 1 fully saturated rings. The summed E-state index contributed by atoms with van der Waals surface area (Å²) in [6, 6.07) is 6.47. The van der Waals surface area contributed by atoms with Crippen LogP contribution in [0.5, 0.6) is 5.75 Å². The first-order valence-corrected chi connectivity index (χ1v) is 13.6. The van der Waals surface area contributed by atoms with Crippen LogP contribution in [-0.2, 0) is 9.47 Å². The van der Waals surface area contributed by atoms with Crippen LogP contribution in [0, 0.1) is 5.82 Å². The largest absolute Gasteiger partial charge is 0.434 e. The van der Waals surface area contributed by atoms with Crippen LogP contribution in [0.15, 0.2) is 42.7 Å². The number of aromatic nitrogens is 4. The molecule has 4 aromatic rings. The number of amides is 1. The molecule has 2 aromatic carbocycles. The number of methoxy groups -OCH3 is 1. The molecule has 2 aromatic heterocycles. The first-order valence-electron chi connectivity index (χ1n) is 13.6. The molecule has 0 unspecified atom stereocenters. The Morgan fingerprint density at radius 3 is 2.74 bits per heavy atom. The van der Waals surface area contributed by atoms with Gasteiger partial charge in [0, 0.05) is 47.8 Å². The van der Waals surface area contributed by atoms with Crippen molar-refractivity contribution in [3.8, 4) is 16.9 Å². The highest BCUT2D eigenvalue weighted by molar-refractivity contribution is 5.98. The van der Waals surface area contributed by atoms with Crippen molar-refractivity contribution in [1.82, 2.24) is 24.8 Å². The van der Waals surface area contributed by atoms with Crippen molar-refractivity contribution in [2.45, 2.75) is 44.1 Å². The second kappa shape index (κ2) is 10.2. The number of nitrogens with one attached hydrogen (secondary N) is 1. The normalized spacial score (nSPS) is 23.1. The average Bonchev–Trinajstić information content (AvgIpc) is 3.44. The van der Waals surface area contributed by atoms with E-state index >= 15 is 4.39 Å². The predicted octanol–water partition coefficient (Wildman–Crippen LogP) is 4.25. The molecule has 2 bridgehead atoms. The predicted molar refractivity (Wildman–Crippen MR) is 145 cm³/mol. The van der Waals surface area contributed by atoms with E-state index in [0.717, 1.165) is 0 Å². The molecule has 0 aliphatic carbocycles. The Kier molecular flexibility index (Phi) is 6.50. The van der Waals surface area contributed by atoms with E-state index in [1.807, 2.05) is 16.4 Å². The summed E-state index contributed by atoms with van der Waals surface area (Å²) < 4.78 is 59.9. The topological polar surface area (TPSA) is 104 Å². The summed E-state index contributed by atoms with van der Waals surface area (Å²) in [6.45, 7) is 0.412. The maximum Gasteiger partial charge on any atom is 0.387 e. The number of benzene rings is 2. The third-order valence-electron chi connectivity index (χ3n) is 8.13. The minimum Gasteiger partial charge on any atom is -0.434 e. The molecule has 0 saturated carbocycles. The second-order valence-corrected chi connectivity index (χ2v) is 10.7. The van der Waals surface area contributed by atoms with Gasteiger partial charge in [-0.25, -0.2) is 19.3 Å². The van der Waals surface area contributed by atoms with Gasteiger partial charge in [0.15, 0.2) is 0 Å². The highest BCUT2D eigenvalue weighted by Crippen LogP contribution is 2.48. The quantitative estimate of drug-likeness (QED) is 0.361. The van der Waals surface area contributed by atoms with Crippen LogP contribution in [-0.4, -0.2) is 71.1 Å². The number of halogens is 3. The number of morpholine rings is 1. The van der Waals surface area contributed by atoms with Gasteiger partial charge in [0.1, 0.15) is 17.4 Å². The zero-order chi connectivity index (χ0) is 29.1. The molecule has 1 N–H and O–H groups in total. The lowest BCUT2D eigenvalue weighted by atomic mass is 9.97. The number of alkyl halides is 2. The average molecular weight is 581 g/mol. The van der Waals surface area contributed by atoms with Crippen molar-refractivity contribution in [3.05, 3.63) is 65.5 Å². The van der Waals surface area contributed by atoms with E-state index in [4.69, 9.17) is 14.2 Å². The molecule has 13 heteroatoms. The number of rotatable bonds is 6. The first-order chi connectivity index (χ1) is 20.3. The molecule has 1 amide bonds. The van der Waals surface area contributed by atoms with Gasteiger partial charge in [-0.1, -0.05) is 6.07 Å². The van der Waals surface area contributed by atoms with Crippen molar-refractivity contribution in [2.24, 2.45) is 0 Å². The zero-order valence-corrected chi connectivity index (χ0v) is 22.8. The fourth-order valence-corrected chi connectivity index (χ4v) is 6.42. The van der Waals surface area contributed by atoms with Gasteiger partial charge in [0.2, 0.25) is 5.95 Å². The van der Waals surface area contributed by atoms with Crippen molar-refractivity contribution in [1.29, 1.82) is 0 Å². The van der Waals surface area contributed by atoms with Crippen LogP contribution in [0.4, 0.5) is 19.1 Å². The summed E-state index contributed by atoms with van der Waals surface area (Å²) in [6.07, 6.45) is 3.55. The number of anilines is 1. The van der Waals surface area contributed by atoms with E-state index < -0.39 is 30.4 Å². The van der Waals surface area contributed by atoms with Gasteiger partial charge in [0.25, 0.3) is 5.91 Å². The SMILES string of the molecule is COC[C@H]1COC[C@@H](C)N1c1ncc(-c2cc3c(cc2F)nc2n3[C@@H]3C[C@H]2NC(=O)c2cccc(OC(F)F)c23)cn1. The van der Waals surface area contributed by atoms with E-state index in [-0.39, 0.29) is 29.0 Å². The van der Waals surface area contributed by atoms with Gasteiger partial charge in [-0.15, -0.1) is 0 Å². The van der Waals surface area contributed by atoms with Crippen LogP contribution in [0.2, 0.25) is 0 Å². The maximum absolute atomic E-state index is 15.5. The van der Waals surface area contributed by atoms with E-state index in [1.165, 1.54) is 18.2 Å². The number of imidazole rings is 1. The number of ether oxygens (including phenoxy) is 3. The van der Waals surface area contributed by atoms with Crippen molar-refractivity contribution in [3.63, 3.8) is 0 Å². The monoisotopic (exact) mass is 580 g/mol. The maximum atomic E-state index is 15.5. The molecular weight excluding hydrogens is 553 g/mol. The summed E-state index contributed by atoms with van der Waals surface area (Å²) >= 11 is 0. The summed E-state index contributed by atoms with van der Waals surface area (Å²) in [5.41, 5.74) is 2.30. The van der Waals surface area contributed by atoms with E-state index in [0.29, 0.717) is 60.2 Å². The number of hydrogen-bond donors (Lipinski definition) is 1. The molecule has 42 heavy (non-hydrogen) atoms. The number of nitrogens with zero attached hydrogens (tertiary/aromatic N) is 5. The Hall–Kier alpha value is -4.23. The molecule has 4 atom stereocenters. The molecule has 3 aliphatic heterocycles. The third kappa shape index (κ3) is 4.26. The molecule has 218 valence electrons. The van der Waals surface area contributed by atoms with Gasteiger partial charge in [-0.3, -0.25) is 4.79 Å². The molecule has 7 rings (SSSR count). The van der Waals surface area contributed by atoms with Crippen LogP contribution in [0.3, 0.4) is 0 Å². The van der Waals surface area contributed by atoms with E-state index in [9.17, 15) is 13.6 Å². The van der Waals surface area contributed by atoms with Crippen LogP contribution >= 0.6 is 0 Å². The Balaban J connectivity index is 1.30. The van der Waals surface area contributed by atoms with E-state index in [2.05, 4.69) is 20.3 Å². The smallest absolute Gasteiger partial charge is 0.387 e. The summed E-state index contributed by atoms with van der Waals surface area (Å²) in [5, 5.41) is 2.94. The van der Waals surface area contributed by atoms with Gasteiger partial charge in [0.05, 0.1) is 55.0 Å². The Morgan fingerprint density at radius 1 is 1.17 bits per heavy atom. The minimum atomic E-state index is -3.06. The second-order valence-electron chi connectivity index (χ2n) is 10.7. The minimum absolute atomic E-state index is 0.0259. The zero-order valence-electron chi connectivity index (χ0n) is 22.8. The van der Waals surface area contributed by atoms with Gasteiger partial charge < -0.3 is 29.0 Å². The molecule has 0 spiro atoms. The number of fused-ring (bicyclic) bond motifs is 9. The number of carbonyl (C=O) groups excluding carboxylic acids is 1. The highest BCUT2D eigenvalue weighted by Gasteiger charge is 2.42. The van der Waals surface area contributed by atoms with E-state index in [1.54, 1.807) is 31.6 Å². The summed E-state index contributed by atoms with van der Waals surface area (Å²) in [5.74, 6) is 0.0268. The molecule has 1 saturated heterocycles. The standard InChI is InChI=1S/C29H27F3N6O4/c1-14-11-41-13-16(12-40-2)37(14)29-33-9-15(10-34-29)18-6-22-20(7-19(18)30)35-26-21-8-23(38(22)26)25-17(27(39)36-21)4-3-5-24(25)42-28(31)32/h3-7,9-10,14,16,21,23,28H,8,11-13H2,1-2H3,(H,36,39)/t14-,16+,21-,23-/m1/s1. The van der Waals surface area contributed by atoms with Crippen LogP contribution in [0.25, 0.3) is 22.2 Å². The molecular formula is C29H27F3N6O4. The highest BCUT2D eigenvalue weighted by atomic mass is 19.3. The Bertz CT molecular complexity index is 1680. The number of carbonyl (C=O) groups is 1. The Morgan fingerprint density at radius 2 is 1.98 bits per heavy atom. The van der Waals surface area contributed by atoms with Crippen molar-refractivity contribution in [2.75, 3.05) is 31.8 Å². The molecule has 5 heterocycles. The van der Waals surface area contributed by atoms with Crippen molar-refractivity contribution < 1.29 is 32.2 Å². The number of hydrogen-bond acceptors (Lipinski definition) is 8. The first kappa shape index (κ1) is 26.7. The molecule has 10 nitrogen and oxygen atoms in total. The summed E-state index contributed by atoms with van der Waals surface area (Å²) in [4.78, 5) is 28.8. The van der Waals surface area contributed by atoms with Gasteiger partial charge in [-0.2, -0.15) is 8.78 Å². The fourth-order valence-electron chi connectivity index (χ4n) is 6.42. The summed E-state index contributed by atoms with van der Waals surface area (Å²) in [7, 11) is 1.63. The van der Waals surface area contributed by atoms with Gasteiger partial charge >= 0.3 is 6.61 Å². The lowest BCUT2D eigenvalue weighted by Crippen LogP contribution is -2.53. The van der Waals surface area contributed by atoms with Crippen LogP contribution < -0.4 is 15.0 Å². The lowest BCUT2D eigenvalue weighted by molar-refractivity contribution is -0.0507. The third-order valence-corrected chi connectivity index (χ3v) is 8.13. The van der Waals surface area contributed by atoms with Crippen LogP contribution in [0.1, 0.15) is 47.2 Å². The molecule has 3 aliphatic rings. The van der Waals surface area contributed by atoms with Crippen molar-refractivity contribution >= 4 is 22.9 Å². The van der Waals surface area contributed by atoms with Gasteiger partial charge in [-0.05, 0) is 31.5 Å². The Labute approximate surface area is 238 Å². The fraction of sp³-hybridized carbons (Fsp3) is 0.379. The molecule has 0 radical (unpaired) electrons. The lowest BCUT2D eigenvalue weighted by Gasteiger charge is -2.40.